The Balaban J connectivity index is 1.98. The number of hydrogen-bond acceptors (Lipinski definition) is 1. The van der Waals surface area contributed by atoms with Crippen LogP contribution >= 0.6 is 11.6 Å². The van der Waals surface area contributed by atoms with E-state index in [2.05, 4.69) is 0 Å². The average molecular weight is 225 g/mol. The summed E-state index contributed by atoms with van der Waals surface area (Å²) in [5.41, 5.74) is 1.28. The van der Waals surface area contributed by atoms with Crippen LogP contribution in [0.2, 0.25) is 0 Å². The number of rotatable bonds is 2. The highest BCUT2D eigenvalue weighted by Gasteiger charge is 2.22. The van der Waals surface area contributed by atoms with Gasteiger partial charge in [0.1, 0.15) is 5.75 Å². The highest BCUT2D eigenvalue weighted by atomic mass is 35.5. The van der Waals surface area contributed by atoms with Gasteiger partial charge < -0.3 is 5.11 Å². The summed E-state index contributed by atoms with van der Waals surface area (Å²) in [7, 11) is 0. The number of halogens is 1. The lowest BCUT2D eigenvalue weighted by Gasteiger charge is -2.27. The van der Waals surface area contributed by atoms with Gasteiger partial charge in [0.2, 0.25) is 0 Å². The molecule has 0 bridgehead atoms. The topological polar surface area (TPSA) is 20.2 Å². The predicted octanol–water partition coefficient (Wildman–Crippen LogP) is 3.73. The Morgan fingerprint density at radius 3 is 2.47 bits per heavy atom. The van der Waals surface area contributed by atoms with Crippen LogP contribution in [-0.4, -0.2) is 10.5 Å². The van der Waals surface area contributed by atoms with E-state index in [-0.39, 0.29) is 0 Å². The van der Waals surface area contributed by atoms with Crippen LogP contribution in [0.5, 0.6) is 5.75 Å². The molecule has 1 aliphatic rings. The largest absolute Gasteiger partial charge is 0.508 e. The zero-order valence-electron chi connectivity index (χ0n) is 8.82. The summed E-state index contributed by atoms with van der Waals surface area (Å²) in [4.78, 5) is 0. The van der Waals surface area contributed by atoms with E-state index in [1.165, 1.54) is 24.8 Å². The second kappa shape index (κ2) is 4.89. The zero-order chi connectivity index (χ0) is 10.7. The van der Waals surface area contributed by atoms with Gasteiger partial charge in [0.05, 0.1) is 0 Å². The highest BCUT2D eigenvalue weighted by Crippen LogP contribution is 2.31. The molecule has 0 heterocycles. The summed E-state index contributed by atoms with van der Waals surface area (Å²) in [5.74, 6) is 0.953. The molecule has 0 radical (unpaired) electrons. The Kier molecular flexibility index (Phi) is 3.53. The van der Waals surface area contributed by atoms with Gasteiger partial charge in [-0.25, -0.2) is 0 Å². The molecule has 0 saturated heterocycles. The molecular formula is C13H17ClO. The van der Waals surface area contributed by atoms with Crippen molar-refractivity contribution in [2.45, 2.75) is 37.5 Å². The van der Waals surface area contributed by atoms with Gasteiger partial charge in [-0.15, -0.1) is 11.6 Å². The first-order chi connectivity index (χ1) is 7.25. The van der Waals surface area contributed by atoms with Crippen molar-refractivity contribution >= 4 is 11.6 Å². The molecule has 2 unspecified atom stereocenters. The van der Waals surface area contributed by atoms with Crippen molar-refractivity contribution in [3.8, 4) is 5.75 Å². The molecule has 1 fully saturated rings. The van der Waals surface area contributed by atoms with E-state index in [1.54, 1.807) is 12.1 Å². The van der Waals surface area contributed by atoms with Crippen LogP contribution in [0.3, 0.4) is 0 Å². The van der Waals surface area contributed by atoms with Crippen molar-refractivity contribution in [1.82, 2.24) is 0 Å². The first-order valence-electron chi connectivity index (χ1n) is 5.67. The van der Waals surface area contributed by atoms with Crippen LogP contribution in [0.4, 0.5) is 0 Å². The quantitative estimate of drug-likeness (QED) is 0.759. The Bertz CT molecular complexity index is 307. The molecule has 1 nitrogen and oxygen atoms in total. The van der Waals surface area contributed by atoms with Gasteiger partial charge in [0.25, 0.3) is 0 Å². The lowest BCUT2D eigenvalue weighted by atomic mass is 9.84. The fourth-order valence-electron chi connectivity index (χ4n) is 2.33. The van der Waals surface area contributed by atoms with Gasteiger partial charge in [-0.1, -0.05) is 25.0 Å². The van der Waals surface area contributed by atoms with E-state index in [0.29, 0.717) is 17.0 Å². The second-order valence-electron chi connectivity index (χ2n) is 4.43. The second-order valence-corrected chi connectivity index (χ2v) is 4.99. The van der Waals surface area contributed by atoms with Crippen molar-refractivity contribution in [2.24, 2.45) is 5.92 Å². The number of phenols is 1. The van der Waals surface area contributed by atoms with Gasteiger partial charge in [-0.3, -0.25) is 0 Å². The van der Waals surface area contributed by atoms with Crippen molar-refractivity contribution in [2.75, 3.05) is 0 Å². The van der Waals surface area contributed by atoms with Gasteiger partial charge >= 0.3 is 0 Å². The third-order valence-corrected chi connectivity index (χ3v) is 3.83. The maximum absolute atomic E-state index is 9.19. The lowest BCUT2D eigenvalue weighted by Crippen LogP contribution is -2.21. The summed E-state index contributed by atoms with van der Waals surface area (Å²) < 4.78 is 0. The summed E-state index contributed by atoms with van der Waals surface area (Å²) in [6.07, 6.45) is 6.04. The first-order valence-corrected chi connectivity index (χ1v) is 6.11. The predicted molar refractivity (Wildman–Crippen MR) is 63.4 cm³/mol. The summed E-state index contributed by atoms with van der Waals surface area (Å²) >= 11 is 6.31. The standard InChI is InChI=1S/C13H17ClO/c14-13-4-2-1-3-11(13)9-10-5-7-12(15)8-6-10/h5-8,11,13,15H,1-4,9H2. The average Bonchev–Trinajstić information content (AvgIpc) is 2.25. The molecule has 0 spiro atoms. The Morgan fingerprint density at radius 1 is 1.13 bits per heavy atom. The van der Waals surface area contributed by atoms with E-state index in [0.717, 1.165) is 12.8 Å². The molecule has 0 aliphatic heterocycles. The SMILES string of the molecule is Oc1ccc(CC2CCCCC2Cl)cc1. The van der Waals surface area contributed by atoms with Crippen molar-refractivity contribution in [1.29, 1.82) is 0 Å². The molecule has 1 saturated carbocycles. The van der Waals surface area contributed by atoms with Crippen molar-refractivity contribution in [3.63, 3.8) is 0 Å². The number of phenolic OH excluding ortho intramolecular Hbond substituents is 1. The van der Waals surface area contributed by atoms with E-state index in [1.807, 2.05) is 12.1 Å². The number of alkyl halides is 1. The molecular weight excluding hydrogens is 208 g/mol. The summed E-state index contributed by atoms with van der Waals surface area (Å²) in [6.45, 7) is 0. The molecule has 1 aromatic rings. The van der Waals surface area contributed by atoms with Gasteiger partial charge in [-0.05, 0) is 42.9 Å². The minimum absolute atomic E-state index is 0.338. The van der Waals surface area contributed by atoms with E-state index < -0.39 is 0 Å². The molecule has 82 valence electrons. The highest BCUT2D eigenvalue weighted by molar-refractivity contribution is 6.20. The molecule has 0 aromatic heterocycles. The molecule has 0 amide bonds. The Morgan fingerprint density at radius 2 is 1.80 bits per heavy atom. The Hall–Kier alpha value is -0.690. The van der Waals surface area contributed by atoms with Crippen LogP contribution in [0.25, 0.3) is 0 Å². The zero-order valence-corrected chi connectivity index (χ0v) is 9.58. The molecule has 1 aliphatic carbocycles. The molecule has 2 rings (SSSR count). The Labute approximate surface area is 96.1 Å². The van der Waals surface area contributed by atoms with Crippen LogP contribution < -0.4 is 0 Å². The number of hydrogen-bond donors (Lipinski definition) is 1. The molecule has 15 heavy (non-hydrogen) atoms. The fourth-order valence-corrected chi connectivity index (χ4v) is 2.70. The van der Waals surface area contributed by atoms with Crippen molar-refractivity contribution in [3.05, 3.63) is 29.8 Å². The van der Waals surface area contributed by atoms with Crippen molar-refractivity contribution < 1.29 is 5.11 Å². The molecule has 1 aromatic carbocycles. The van der Waals surface area contributed by atoms with Crippen LogP contribution in [-0.2, 0) is 6.42 Å². The van der Waals surface area contributed by atoms with Gasteiger partial charge in [0, 0.05) is 5.38 Å². The van der Waals surface area contributed by atoms with Gasteiger partial charge in [0.15, 0.2) is 0 Å². The minimum atomic E-state index is 0.338. The first kappa shape index (κ1) is 10.8. The lowest BCUT2D eigenvalue weighted by molar-refractivity contribution is 0.363. The van der Waals surface area contributed by atoms with Crippen LogP contribution in [0.1, 0.15) is 31.2 Å². The van der Waals surface area contributed by atoms with Crippen LogP contribution in [0.15, 0.2) is 24.3 Å². The smallest absolute Gasteiger partial charge is 0.115 e. The molecule has 1 N–H and O–H groups in total. The summed E-state index contributed by atoms with van der Waals surface area (Å²) in [6, 6.07) is 7.49. The maximum atomic E-state index is 9.19. The third-order valence-electron chi connectivity index (χ3n) is 3.25. The van der Waals surface area contributed by atoms with Gasteiger partial charge in [-0.2, -0.15) is 0 Å². The number of benzene rings is 1. The number of aromatic hydroxyl groups is 1. The van der Waals surface area contributed by atoms with E-state index >= 15 is 0 Å². The van der Waals surface area contributed by atoms with E-state index in [9.17, 15) is 5.11 Å². The van der Waals surface area contributed by atoms with E-state index in [4.69, 9.17) is 11.6 Å². The summed E-state index contributed by atoms with van der Waals surface area (Å²) in [5, 5.41) is 9.53. The third kappa shape index (κ3) is 2.88. The molecule has 2 heteroatoms. The maximum Gasteiger partial charge on any atom is 0.115 e. The minimum Gasteiger partial charge on any atom is -0.508 e. The monoisotopic (exact) mass is 224 g/mol. The normalized spacial score (nSPS) is 26.5. The van der Waals surface area contributed by atoms with Crippen LogP contribution in [0, 0.1) is 5.92 Å². The molecule has 2 atom stereocenters. The fraction of sp³-hybridized carbons (Fsp3) is 0.538.